The van der Waals surface area contributed by atoms with Crippen molar-refractivity contribution in [3.05, 3.63) is 33.8 Å². The number of halogens is 4. The number of aryl methyl sites for hydroxylation is 1. The summed E-state index contributed by atoms with van der Waals surface area (Å²) < 4.78 is 37.1. The van der Waals surface area contributed by atoms with Crippen LogP contribution in [0.15, 0.2) is 22.7 Å². The number of alkyl halides is 3. The van der Waals surface area contributed by atoms with Gasteiger partial charge in [0, 0.05) is 10.9 Å². The molecule has 1 aromatic carbocycles. The summed E-state index contributed by atoms with van der Waals surface area (Å²) in [6, 6.07) is 4.96. The minimum atomic E-state index is -4.56. The van der Waals surface area contributed by atoms with Crippen molar-refractivity contribution in [2.24, 2.45) is 0 Å². The van der Waals surface area contributed by atoms with Gasteiger partial charge >= 0.3 is 6.18 Å². The number of aliphatic hydroxyl groups excluding tert-OH is 1. The van der Waals surface area contributed by atoms with Crippen molar-refractivity contribution in [2.45, 2.75) is 25.6 Å². The molecule has 0 saturated heterocycles. The van der Waals surface area contributed by atoms with Crippen LogP contribution >= 0.6 is 15.9 Å². The van der Waals surface area contributed by atoms with E-state index >= 15 is 0 Å². The van der Waals surface area contributed by atoms with E-state index in [2.05, 4.69) is 15.9 Å². The van der Waals surface area contributed by atoms with Crippen molar-refractivity contribution >= 4 is 15.9 Å². The maximum absolute atomic E-state index is 12.1. The van der Waals surface area contributed by atoms with Crippen molar-refractivity contribution in [3.8, 4) is 0 Å². The summed E-state index contributed by atoms with van der Waals surface area (Å²) in [6.45, 7) is 1.71. The average molecular weight is 283 g/mol. The fourth-order valence-corrected chi connectivity index (χ4v) is 1.69. The number of aliphatic hydroxyl groups is 1. The fraction of sp³-hybridized carbons (Fsp3) is 0.400. The molecule has 0 saturated carbocycles. The van der Waals surface area contributed by atoms with Gasteiger partial charge in [-0.25, -0.2) is 0 Å². The van der Waals surface area contributed by atoms with Crippen molar-refractivity contribution in [1.29, 1.82) is 0 Å². The molecule has 1 atom stereocenters. The SMILES string of the molecule is Cc1cc(Br)ccc1CC(O)C(F)(F)F. The molecule has 0 amide bonds. The molecule has 1 N–H and O–H groups in total. The van der Waals surface area contributed by atoms with E-state index in [1.54, 1.807) is 25.1 Å². The Morgan fingerprint density at radius 1 is 1.40 bits per heavy atom. The van der Waals surface area contributed by atoms with Gasteiger partial charge in [0.25, 0.3) is 0 Å². The van der Waals surface area contributed by atoms with E-state index in [1.807, 2.05) is 0 Å². The number of benzene rings is 1. The molecule has 0 bridgehead atoms. The molecule has 0 aliphatic carbocycles. The molecule has 0 spiro atoms. The summed E-state index contributed by atoms with van der Waals surface area (Å²) in [5, 5.41) is 8.90. The van der Waals surface area contributed by atoms with E-state index in [0.29, 0.717) is 5.56 Å². The third-order valence-electron chi connectivity index (χ3n) is 2.10. The van der Waals surface area contributed by atoms with Gasteiger partial charge in [0.1, 0.15) is 0 Å². The van der Waals surface area contributed by atoms with E-state index in [-0.39, 0.29) is 0 Å². The van der Waals surface area contributed by atoms with Gasteiger partial charge in [0.05, 0.1) is 0 Å². The minimum absolute atomic E-state index is 0.400. The first-order valence-electron chi connectivity index (χ1n) is 4.30. The Balaban J connectivity index is 2.82. The maximum atomic E-state index is 12.1. The Bertz CT molecular complexity index is 349. The van der Waals surface area contributed by atoms with E-state index in [1.165, 1.54) is 0 Å². The lowest BCUT2D eigenvalue weighted by Crippen LogP contribution is -2.30. The van der Waals surface area contributed by atoms with Crippen molar-refractivity contribution < 1.29 is 18.3 Å². The van der Waals surface area contributed by atoms with Crippen LogP contribution in [0, 0.1) is 6.92 Å². The highest BCUT2D eigenvalue weighted by molar-refractivity contribution is 9.10. The number of hydrogen-bond acceptors (Lipinski definition) is 1. The summed E-state index contributed by atoms with van der Waals surface area (Å²) in [4.78, 5) is 0. The third-order valence-corrected chi connectivity index (χ3v) is 2.59. The lowest BCUT2D eigenvalue weighted by atomic mass is 10.0. The molecule has 0 aromatic heterocycles. The fourth-order valence-electron chi connectivity index (χ4n) is 1.21. The first-order valence-corrected chi connectivity index (χ1v) is 5.10. The topological polar surface area (TPSA) is 20.2 Å². The Morgan fingerprint density at radius 2 is 2.00 bits per heavy atom. The zero-order chi connectivity index (χ0) is 11.6. The van der Waals surface area contributed by atoms with Crippen LogP contribution in [0.25, 0.3) is 0 Å². The van der Waals surface area contributed by atoms with Crippen LogP contribution in [0.3, 0.4) is 0 Å². The second-order valence-corrected chi connectivity index (χ2v) is 4.25. The van der Waals surface area contributed by atoms with Gasteiger partial charge in [0.2, 0.25) is 0 Å². The van der Waals surface area contributed by atoms with Gasteiger partial charge < -0.3 is 5.11 Å². The molecule has 0 aliphatic heterocycles. The highest BCUT2D eigenvalue weighted by Gasteiger charge is 2.38. The zero-order valence-electron chi connectivity index (χ0n) is 7.98. The van der Waals surface area contributed by atoms with E-state index in [9.17, 15) is 13.2 Å². The Hall–Kier alpha value is -0.550. The van der Waals surface area contributed by atoms with Crippen LogP contribution in [0.4, 0.5) is 13.2 Å². The molecule has 1 unspecified atom stereocenters. The molecule has 84 valence electrons. The standard InChI is InChI=1S/C10H10BrF3O/c1-6-4-8(11)3-2-7(6)5-9(15)10(12,13)14/h2-4,9,15H,5H2,1H3. The summed E-state index contributed by atoms with van der Waals surface area (Å²) in [5.74, 6) is 0. The van der Waals surface area contributed by atoms with Crippen LogP contribution in [0.1, 0.15) is 11.1 Å². The molecule has 0 aliphatic rings. The normalized spacial score (nSPS) is 14.0. The van der Waals surface area contributed by atoms with Gasteiger partial charge in [-0.05, 0) is 30.2 Å². The van der Waals surface area contributed by atoms with Gasteiger partial charge in [-0.3, -0.25) is 0 Å². The largest absolute Gasteiger partial charge is 0.414 e. The van der Waals surface area contributed by atoms with Crippen molar-refractivity contribution in [1.82, 2.24) is 0 Å². The summed E-state index contributed by atoms with van der Waals surface area (Å²) in [6.07, 6.45) is -7.25. The van der Waals surface area contributed by atoms with Gasteiger partial charge in [-0.2, -0.15) is 13.2 Å². The van der Waals surface area contributed by atoms with E-state index < -0.39 is 18.7 Å². The molecule has 5 heteroatoms. The van der Waals surface area contributed by atoms with E-state index in [0.717, 1.165) is 10.0 Å². The molecule has 0 fully saturated rings. The monoisotopic (exact) mass is 282 g/mol. The smallest absolute Gasteiger partial charge is 0.383 e. The average Bonchev–Trinajstić information content (AvgIpc) is 2.08. The highest BCUT2D eigenvalue weighted by Crippen LogP contribution is 2.25. The zero-order valence-corrected chi connectivity index (χ0v) is 9.56. The maximum Gasteiger partial charge on any atom is 0.414 e. The first-order chi connectivity index (χ1) is 6.80. The summed E-state index contributed by atoms with van der Waals surface area (Å²) in [7, 11) is 0. The number of rotatable bonds is 2. The molecule has 1 aromatic rings. The quantitative estimate of drug-likeness (QED) is 0.883. The van der Waals surface area contributed by atoms with Crippen LogP contribution in [-0.4, -0.2) is 17.4 Å². The van der Waals surface area contributed by atoms with Gasteiger partial charge in [-0.15, -0.1) is 0 Å². The summed E-state index contributed by atoms with van der Waals surface area (Å²) >= 11 is 3.22. The van der Waals surface area contributed by atoms with Crippen molar-refractivity contribution in [3.63, 3.8) is 0 Å². The van der Waals surface area contributed by atoms with Crippen LogP contribution in [0.2, 0.25) is 0 Å². The number of hydrogen-bond donors (Lipinski definition) is 1. The van der Waals surface area contributed by atoms with Crippen LogP contribution < -0.4 is 0 Å². The van der Waals surface area contributed by atoms with Gasteiger partial charge in [0.15, 0.2) is 6.10 Å². The second kappa shape index (κ2) is 4.53. The molecular weight excluding hydrogens is 273 g/mol. The molecule has 1 rings (SSSR count). The van der Waals surface area contributed by atoms with Crippen LogP contribution in [-0.2, 0) is 6.42 Å². The highest BCUT2D eigenvalue weighted by atomic mass is 79.9. The van der Waals surface area contributed by atoms with E-state index in [4.69, 9.17) is 5.11 Å². The predicted molar refractivity (Wildman–Crippen MR) is 54.6 cm³/mol. The van der Waals surface area contributed by atoms with Crippen LogP contribution in [0.5, 0.6) is 0 Å². The minimum Gasteiger partial charge on any atom is -0.383 e. The second-order valence-electron chi connectivity index (χ2n) is 3.33. The summed E-state index contributed by atoms with van der Waals surface area (Å²) in [5.41, 5.74) is 1.23. The first kappa shape index (κ1) is 12.5. The third kappa shape index (κ3) is 3.50. The molecule has 1 nitrogen and oxygen atoms in total. The van der Waals surface area contributed by atoms with Crippen molar-refractivity contribution in [2.75, 3.05) is 0 Å². The molecule has 0 radical (unpaired) electrons. The van der Waals surface area contributed by atoms with Gasteiger partial charge in [-0.1, -0.05) is 22.0 Å². The lowest BCUT2D eigenvalue weighted by molar-refractivity contribution is -0.203. The lowest BCUT2D eigenvalue weighted by Gasteiger charge is -2.15. The predicted octanol–water partition coefficient (Wildman–Crippen LogP) is 3.22. The Morgan fingerprint density at radius 3 is 2.47 bits per heavy atom. The molecular formula is C10H10BrF3O. The molecule has 15 heavy (non-hydrogen) atoms. The Kier molecular flexibility index (Phi) is 3.78. The molecule has 0 heterocycles. The Labute approximate surface area is 94.0 Å².